The van der Waals surface area contributed by atoms with Crippen LogP contribution in [0, 0.1) is 0 Å². The standard InChI is InChI=1S/C16H18BrNO2/c1-2-15(14-9-12(17)5-8-16(14)20)18-10-11-3-6-13(19)7-4-11/h3-9,15,18-20H,2,10H2,1H3. The van der Waals surface area contributed by atoms with E-state index in [0.717, 1.165) is 22.0 Å². The van der Waals surface area contributed by atoms with Crippen molar-refractivity contribution in [2.75, 3.05) is 0 Å². The van der Waals surface area contributed by atoms with E-state index in [4.69, 9.17) is 0 Å². The number of benzene rings is 2. The normalized spacial score (nSPS) is 12.3. The van der Waals surface area contributed by atoms with E-state index in [9.17, 15) is 10.2 Å². The molecule has 0 radical (unpaired) electrons. The van der Waals surface area contributed by atoms with Crippen LogP contribution in [0.4, 0.5) is 0 Å². The summed E-state index contributed by atoms with van der Waals surface area (Å²) in [4.78, 5) is 0. The van der Waals surface area contributed by atoms with Gasteiger partial charge >= 0.3 is 0 Å². The number of nitrogens with one attached hydrogen (secondary N) is 1. The third kappa shape index (κ3) is 3.74. The van der Waals surface area contributed by atoms with Crippen LogP contribution in [-0.2, 0) is 6.54 Å². The van der Waals surface area contributed by atoms with Crippen molar-refractivity contribution in [3.63, 3.8) is 0 Å². The van der Waals surface area contributed by atoms with Crippen molar-refractivity contribution < 1.29 is 10.2 Å². The van der Waals surface area contributed by atoms with Crippen molar-refractivity contribution >= 4 is 15.9 Å². The molecule has 0 aliphatic rings. The second-order valence-electron chi connectivity index (χ2n) is 4.71. The first-order valence-corrected chi connectivity index (χ1v) is 7.39. The zero-order valence-corrected chi connectivity index (χ0v) is 12.9. The minimum atomic E-state index is 0.0845. The van der Waals surface area contributed by atoms with Crippen LogP contribution in [0.1, 0.15) is 30.5 Å². The first-order valence-electron chi connectivity index (χ1n) is 6.60. The second kappa shape index (κ2) is 6.77. The molecule has 1 unspecified atom stereocenters. The molecule has 0 aliphatic carbocycles. The van der Waals surface area contributed by atoms with E-state index in [2.05, 4.69) is 28.2 Å². The molecule has 4 heteroatoms. The average molecular weight is 336 g/mol. The maximum Gasteiger partial charge on any atom is 0.120 e. The molecule has 0 saturated heterocycles. The Labute approximate surface area is 127 Å². The Kier molecular flexibility index (Phi) is 5.04. The Morgan fingerprint density at radius 2 is 1.80 bits per heavy atom. The fraction of sp³-hybridized carbons (Fsp3) is 0.250. The lowest BCUT2D eigenvalue weighted by molar-refractivity contribution is 0.440. The molecule has 2 aromatic carbocycles. The van der Waals surface area contributed by atoms with Crippen LogP contribution < -0.4 is 5.32 Å². The van der Waals surface area contributed by atoms with Gasteiger partial charge in [0.2, 0.25) is 0 Å². The second-order valence-corrected chi connectivity index (χ2v) is 5.63. The SMILES string of the molecule is CCC(NCc1ccc(O)cc1)c1cc(Br)ccc1O. The van der Waals surface area contributed by atoms with E-state index in [-0.39, 0.29) is 11.8 Å². The summed E-state index contributed by atoms with van der Waals surface area (Å²) < 4.78 is 0.954. The highest BCUT2D eigenvalue weighted by atomic mass is 79.9. The van der Waals surface area contributed by atoms with Crippen LogP contribution in [-0.4, -0.2) is 10.2 Å². The Morgan fingerprint density at radius 1 is 1.10 bits per heavy atom. The minimum Gasteiger partial charge on any atom is -0.508 e. The summed E-state index contributed by atoms with van der Waals surface area (Å²) in [7, 11) is 0. The average Bonchev–Trinajstić information content (AvgIpc) is 2.45. The highest BCUT2D eigenvalue weighted by Crippen LogP contribution is 2.29. The maximum atomic E-state index is 9.98. The van der Waals surface area contributed by atoms with E-state index in [0.29, 0.717) is 12.3 Å². The van der Waals surface area contributed by atoms with E-state index in [1.54, 1.807) is 18.2 Å². The minimum absolute atomic E-state index is 0.0845. The van der Waals surface area contributed by atoms with Crippen molar-refractivity contribution in [1.29, 1.82) is 0 Å². The summed E-state index contributed by atoms with van der Waals surface area (Å²) >= 11 is 3.43. The molecule has 3 nitrogen and oxygen atoms in total. The molecule has 0 saturated carbocycles. The summed E-state index contributed by atoms with van der Waals surface area (Å²) in [5.74, 6) is 0.573. The predicted octanol–water partition coefficient (Wildman–Crippen LogP) is 4.10. The molecule has 0 heterocycles. The number of phenols is 2. The smallest absolute Gasteiger partial charge is 0.120 e. The van der Waals surface area contributed by atoms with Gasteiger partial charge < -0.3 is 15.5 Å². The van der Waals surface area contributed by atoms with Gasteiger partial charge in [-0.3, -0.25) is 0 Å². The van der Waals surface area contributed by atoms with Gasteiger partial charge in [0.15, 0.2) is 0 Å². The monoisotopic (exact) mass is 335 g/mol. The quantitative estimate of drug-likeness (QED) is 0.770. The Balaban J connectivity index is 2.09. The van der Waals surface area contributed by atoms with Gasteiger partial charge in [-0.15, -0.1) is 0 Å². The lowest BCUT2D eigenvalue weighted by Crippen LogP contribution is -2.20. The lowest BCUT2D eigenvalue weighted by Gasteiger charge is -2.19. The third-order valence-corrected chi connectivity index (χ3v) is 3.76. The fourth-order valence-electron chi connectivity index (χ4n) is 2.13. The lowest BCUT2D eigenvalue weighted by atomic mass is 10.0. The molecule has 3 N–H and O–H groups in total. The van der Waals surface area contributed by atoms with Crippen molar-refractivity contribution in [2.45, 2.75) is 25.9 Å². The molecule has 20 heavy (non-hydrogen) atoms. The Morgan fingerprint density at radius 3 is 2.45 bits per heavy atom. The van der Waals surface area contributed by atoms with Gasteiger partial charge in [-0.05, 0) is 42.3 Å². The summed E-state index contributed by atoms with van der Waals surface area (Å²) in [5.41, 5.74) is 1.98. The van der Waals surface area contributed by atoms with Crippen LogP contribution in [0.2, 0.25) is 0 Å². The van der Waals surface area contributed by atoms with Gasteiger partial charge in [-0.1, -0.05) is 35.0 Å². The Bertz CT molecular complexity index is 569. The van der Waals surface area contributed by atoms with Crippen LogP contribution in [0.25, 0.3) is 0 Å². The molecule has 0 spiro atoms. The summed E-state index contributed by atoms with van der Waals surface area (Å²) in [5, 5.41) is 22.7. The number of phenolic OH excluding ortho intramolecular Hbond substituents is 2. The van der Waals surface area contributed by atoms with Crippen LogP contribution in [0.3, 0.4) is 0 Å². The third-order valence-electron chi connectivity index (χ3n) is 3.26. The molecule has 106 valence electrons. The predicted molar refractivity (Wildman–Crippen MR) is 83.8 cm³/mol. The molecular formula is C16H18BrNO2. The molecule has 2 rings (SSSR count). The number of hydrogen-bond donors (Lipinski definition) is 3. The number of rotatable bonds is 5. The number of hydrogen-bond acceptors (Lipinski definition) is 3. The molecule has 1 atom stereocenters. The fourth-order valence-corrected chi connectivity index (χ4v) is 2.51. The molecule has 0 aromatic heterocycles. The summed E-state index contributed by atoms with van der Waals surface area (Å²) in [6.45, 7) is 2.76. The van der Waals surface area contributed by atoms with Crippen LogP contribution >= 0.6 is 15.9 Å². The molecule has 0 fully saturated rings. The summed E-state index contributed by atoms with van der Waals surface area (Å²) in [6.07, 6.45) is 0.877. The van der Waals surface area contributed by atoms with E-state index < -0.39 is 0 Å². The van der Waals surface area contributed by atoms with E-state index >= 15 is 0 Å². The first-order chi connectivity index (χ1) is 9.60. The van der Waals surface area contributed by atoms with Gasteiger partial charge in [-0.2, -0.15) is 0 Å². The first kappa shape index (κ1) is 14.9. The molecule has 0 bridgehead atoms. The molecule has 0 aliphatic heterocycles. The van der Waals surface area contributed by atoms with Gasteiger partial charge in [-0.25, -0.2) is 0 Å². The molecule has 2 aromatic rings. The largest absolute Gasteiger partial charge is 0.508 e. The zero-order chi connectivity index (χ0) is 14.5. The van der Waals surface area contributed by atoms with E-state index in [1.165, 1.54) is 0 Å². The molecular weight excluding hydrogens is 318 g/mol. The number of halogens is 1. The zero-order valence-electron chi connectivity index (χ0n) is 11.3. The number of aromatic hydroxyl groups is 2. The van der Waals surface area contributed by atoms with Crippen molar-refractivity contribution in [3.8, 4) is 11.5 Å². The van der Waals surface area contributed by atoms with Crippen molar-refractivity contribution in [1.82, 2.24) is 5.32 Å². The van der Waals surface area contributed by atoms with Gasteiger partial charge in [0.25, 0.3) is 0 Å². The van der Waals surface area contributed by atoms with Gasteiger partial charge in [0.1, 0.15) is 11.5 Å². The molecule has 0 amide bonds. The van der Waals surface area contributed by atoms with Gasteiger partial charge in [0.05, 0.1) is 0 Å². The van der Waals surface area contributed by atoms with Crippen LogP contribution in [0.5, 0.6) is 11.5 Å². The summed E-state index contributed by atoms with van der Waals surface area (Å²) in [6, 6.07) is 12.7. The van der Waals surface area contributed by atoms with Crippen LogP contribution in [0.15, 0.2) is 46.9 Å². The highest BCUT2D eigenvalue weighted by Gasteiger charge is 2.13. The topological polar surface area (TPSA) is 52.5 Å². The van der Waals surface area contributed by atoms with Crippen molar-refractivity contribution in [3.05, 3.63) is 58.1 Å². The van der Waals surface area contributed by atoms with Gasteiger partial charge in [0, 0.05) is 22.6 Å². The van der Waals surface area contributed by atoms with Crippen molar-refractivity contribution in [2.24, 2.45) is 0 Å². The highest BCUT2D eigenvalue weighted by molar-refractivity contribution is 9.10. The maximum absolute atomic E-state index is 9.98. The Hall–Kier alpha value is -1.52. The van der Waals surface area contributed by atoms with E-state index in [1.807, 2.05) is 24.3 Å².